The van der Waals surface area contributed by atoms with Crippen LogP contribution in [0.1, 0.15) is 38.5 Å². The number of nitrogens with zero attached hydrogens (tertiary/aromatic N) is 2. The number of amides is 1. The molecule has 0 aliphatic carbocycles. The van der Waals surface area contributed by atoms with Crippen molar-refractivity contribution < 1.29 is 26.7 Å². The highest BCUT2D eigenvalue weighted by molar-refractivity contribution is 6.42. The lowest BCUT2D eigenvalue weighted by molar-refractivity contribution is -0.140. The third-order valence-electron chi connectivity index (χ3n) is 6.64. The van der Waals surface area contributed by atoms with Crippen molar-refractivity contribution >= 4 is 29.1 Å². The number of likely N-dealkylation sites (N-methyl/N-ethyl adjacent to an activating group) is 1. The predicted molar refractivity (Wildman–Crippen MR) is 133 cm³/mol. The van der Waals surface area contributed by atoms with Crippen molar-refractivity contribution in [3.05, 3.63) is 104 Å². The van der Waals surface area contributed by atoms with Gasteiger partial charge in [-0.2, -0.15) is 13.2 Å². The molecular weight excluding hydrogens is 534 g/mol. The molecule has 10 heteroatoms. The fraction of sp³-hybridized carbons (Fsp3) is 0.296. The maximum absolute atomic E-state index is 14.5. The van der Waals surface area contributed by atoms with Gasteiger partial charge in [-0.25, -0.2) is 8.78 Å². The van der Waals surface area contributed by atoms with Gasteiger partial charge in [0.1, 0.15) is 11.6 Å². The summed E-state index contributed by atoms with van der Waals surface area (Å²) >= 11 is 12.3. The zero-order valence-corrected chi connectivity index (χ0v) is 21.4. The first-order valence-corrected chi connectivity index (χ1v) is 12.2. The molecule has 0 spiro atoms. The maximum atomic E-state index is 14.5. The van der Waals surface area contributed by atoms with E-state index in [0.717, 1.165) is 23.3 Å². The van der Waals surface area contributed by atoms with Crippen LogP contribution in [-0.4, -0.2) is 41.9 Å². The van der Waals surface area contributed by atoms with Gasteiger partial charge in [0.05, 0.1) is 21.2 Å². The van der Waals surface area contributed by atoms with Gasteiger partial charge in [-0.3, -0.25) is 9.69 Å². The third kappa shape index (κ3) is 5.92. The lowest BCUT2D eigenvalue weighted by Gasteiger charge is -2.29. The fourth-order valence-electron chi connectivity index (χ4n) is 4.74. The number of aryl methyl sites for hydroxylation is 1. The van der Waals surface area contributed by atoms with Gasteiger partial charge in [0.15, 0.2) is 0 Å². The number of alkyl halides is 3. The molecule has 2 unspecified atom stereocenters. The Morgan fingerprint density at radius 1 is 0.973 bits per heavy atom. The first-order chi connectivity index (χ1) is 17.3. The van der Waals surface area contributed by atoms with E-state index in [1.807, 2.05) is 4.90 Å². The SMILES string of the molecule is Cc1ccc(F)c(C(=O)N2CC(c3ccc(Cl)c(Cl)c3)C(N(C)Cc3ccc(C(F)(F)F)c(F)c3)C2)c1. The summed E-state index contributed by atoms with van der Waals surface area (Å²) in [5.41, 5.74) is 0.509. The lowest BCUT2D eigenvalue weighted by Crippen LogP contribution is -2.38. The Kier molecular flexibility index (Phi) is 7.83. The summed E-state index contributed by atoms with van der Waals surface area (Å²) in [6.45, 7) is 2.36. The summed E-state index contributed by atoms with van der Waals surface area (Å²) in [4.78, 5) is 16.7. The first-order valence-electron chi connectivity index (χ1n) is 11.4. The van der Waals surface area contributed by atoms with E-state index >= 15 is 0 Å². The minimum Gasteiger partial charge on any atom is -0.336 e. The van der Waals surface area contributed by atoms with Crippen LogP contribution >= 0.6 is 23.2 Å². The van der Waals surface area contributed by atoms with E-state index in [-0.39, 0.29) is 37.2 Å². The number of rotatable bonds is 5. The van der Waals surface area contributed by atoms with E-state index in [9.17, 15) is 26.7 Å². The van der Waals surface area contributed by atoms with E-state index in [4.69, 9.17) is 23.2 Å². The number of carbonyl (C=O) groups is 1. The van der Waals surface area contributed by atoms with Crippen LogP contribution in [0.5, 0.6) is 0 Å². The van der Waals surface area contributed by atoms with Crippen LogP contribution in [0.15, 0.2) is 54.6 Å². The molecule has 4 rings (SSSR count). The van der Waals surface area contributed by atoms with E-state index < -0.39 is 29.3 Å². The Morgan fingerprint density at radius 3 is 2.35 bits per heavy atom. The third-order valence-corrected chi connectivity index (χ3v) is 7.38. The molecule has 1 aliphatic heterocycles. The number of likely N-dealkylation sites (tertiary alicyclic amines) is 1. The quantitative estimate of drug-likeness (QED) is 0.307. The molecule has 3 nitrogen and oxygen atoms in total. The Morgan fingerprint density at radius 2 is 1.70 bits per heavy atom. The van der Waals surface area contributed by atoms with Crippen molar-refractivity contribution in [1.29, 1.82) is 0 Å². The van der Waals surface area contributed by atoms with Crippen LogP contribution in [0.3, 0.4) is 0 Å². The van der Waals surface area contributed by atoms with Crippen LogP contribution in [0.4, 0.5) is 22.0 Å². The van der Waals surface area contributed by atoms with Gasteiger partial charge in [-0.1, -0.05) is 47.0 Å². The summed E-state index contributed by atoms with van der Waals surface area (Å²) < 4.78 is 67.5. The molecular formula is C27H23Cl2F5N2O. The standard InChI is InChI=1S/C27H23Cl2F5N2O/c1-15-3-8-23(30)18(9-15)26(37)36-13-19(17-5-7-21(28)22(29)11-17)25(14-36)35(2)12-16-4-6-20(24(31)10-16)27(32,33)34/h3-11,19,25H,12-14H2,1-2H3. The van der Waals surface area contributed by atoms with Crippen molar-refractivity contribution in [1.82, 2.24) is 9.80 Å². The number of carbonyl (C=O) groups excluding carboxylic acids is 1. The zero-order chi connectivity index (χ0) is 27.1. The molecule has 3 aromatic carbocycles. The van der Waals surface area contributed by atoms with Crippen LogP contribution in [0.2, 0.25) is 10.0 Å². The van der Waals surface area contributed by atoms with Crippen LogP contribution in [0, 0.1) is 18.6 Å². The number of hydrogen-bond acceptors (Lipinski definition) is 2. The zero-order valence-electron chi connectivity index (χ0n) is 19.9. The second-order valence-corrected chi connectivity index (χ2v) is 10.1. The molecule has 196 valence electrons. The van der Waals surface area contributed by atoms with Crippen molar-refractivity contribution in [2.45, 2.75) is 31.6 Å². The molecule has 1 aliphatic rings. The number of benzene rings is 3. The van der Waals surface area contributed by atoms with Crippen LogP contribution in [-0.2, 0) is 12.7 Å². The molecule has 0 saturated carbocycles. The molecule has 1 amide bonds. The molecule has 0 N–H and O–H groups in total. The largest absolute Gasteiger partial charge is 0.419 e. The van der Waals surface area contributed by atoms with Gasteiger partial charge in [0, 0.05) is 31.6 Å². The summed E-state index contributed by atoms with van der Waals surface area (Å²) in [7, 11) is 1.74. The number of halogens is 7. The fourth-order valence-corrected chi connectivity index (χ4v) is 5.04. The smallest absolute Gasteiger partial charge is 0.336 e. The van der Waals surface area contributed by atoms with E-state index in [1.165, 1.54) is 18.2 Å². The highest BCUT2D eigenvalue weighted by atomic mass is 35.5. The topological polar surface area (TPSA) is 23.6 Å². The Hall–Kier alpha value is -2.68. The van der Waals surface area contributed by atoms with E-state index in [0.29, 0.717) is 15.6 Å². The Bertz CT molecular complexity index is 1330. The molecule has 1 fully saturated rings. The molecule has 0 radical (unpaired) electrons. The van der Waals surface area contributed by atoms with Gasteiger partial charge in [0.2, 0.25) is 0 Å². The average molecular weight is 557 g/mol. The van der Waals surface area contributed by atoms with E-state index in [2.05, 4.69) is 0 Å². The first kappa shape index (κ1) is 27.4. The van der Waals surface area contributed by atoms with Crippen LogP contribution < -0.4 is 0 Å². The summed E-state index contributed by atoms with van der Waals surface area (Å²) in [6, 6.07) is 12.0. The summed E-state index contributed by atoms with van der Waals surface area (Å²) in [5, 5.41) is 0.697. The molecule has 0 bridgehead atoms. The van der Waals surface area contributed by atoms with E-state index in [1.54, 1.807) is 43.1 Å². The monoisotopic (exact) mass is 556 g/mol. The van der Waals surface area contributed by atoms with Crippen molar-refractivity contribution in [2.75, 3.05) is 20.1 Å². The molecule has 2 atom stereocenters. The summed E-state index contributed by atoms with van der Waals surface area (Å²) in [5.74, 6) is -2.71. The molecule has 0 aromatic heterocycles. The highest BCUT2D eigenvalue weighted by Crippen LogP contribution is 2.36. The minimum atomic E-state index is -4.79. The normalized spacial score (nSPS) is 18.1. The predicted octanol–water partition coefficient (Wildman–Crippen LogP) is 7.34. The molecule has 1 saturated heterocycles. The van der Waals surface area contributed by atoms with Crippen molar-refractivity contribution in [2.24, 2.45) is 0 Å². The lowest BCUT2D eigenvalue weighted by atomic mass is 9.93. The maximum Gasteiger partial charge on any atom is 0.419 e. The van der Waals surface area contributed by atoms with Gasteiger partial charge in [-0.15, -0.1) is 0 Å². The van der Waals surface area contributed by atoms with Gasteiger partial charge in [-0.05, 0) is 61.5 Å². The van der Waals surface area contributed by atoms with Gasteiger partial charge >= 0.3 is 6.18 Å². The van der Waals surface area contributed by atoms with Crippen molar-refractivity contribution in [3.8, 4) is 0 Å². The Balaban J connectivity index is 1.63. The number of hydrogen-bond donors (Lipinski definition) is 0. The molecule has 3 aromatic rings. The highest BCUT2D eigenvalue weighted by Gasteiger charge is 2.40. The average Bonchev–Trinajstić information content (AvgIpc) is 3.27. The molecule has 37 heavy (non-hydrogen) atoms. The van der Waals surface area contributed by atoms with Crippen molar-refractivity contribution in [3.63, 3.8) is 0 Å². The van der Waals surface area contributed by atoms with Crippen LogP contribution in [0.25, 0.3) is 0 Å². The minimum absolute atomic E-state index is 0.0407. The second-order valence-electron chi connectivity index (χ2n) is 9.27. The van der Waals surface area contributed by atoms with Gasteiger partial charge in [0.25, 0.3) is 5.91 Å². The Labute approximate surface area is 221 Å². The van der Waals surface area contributed by atoms with Gasteiger partial charge < -0.3 is 4.90 Å². The summed E-state index contributed by atoms with van der Waals surface area (Å²) in [6.07, 6.45) is -4.79. The molecule has 1 heterocycles. The second kappa shape index (κ2) is 10.6.